The molecule has 0 N–H and O–H groups in total. The van der Waals surface area contributed by atoms with Crippen molar-refractivity contribution in [3.8, 4) is 0 Å². The van der Waals surface area contributed by atoms with Gasteiger partial charge in [-0.05, 0) is 26.7 Å². The number of fused-ring (bicyclic) bond motifs is 1. The molecule has 2 aromatic rings. The zero-order valence-corrected chi connectivity index (χ0v) is 15.2. The molecule has 2 aliphatic heterocycles. The second kappa shape index (κ2) is 7.21. The standard InChI is InChI=1S/C17H27N7O/c1-13(17-18-14(2)21-25-17)23-10-8-22(9-11-23)12-16-20-19-15-6-4-3-5-7-24(15)16/h13H,3-12H2,1-2H3/t13-/m1/s1. The minimum absolute atomic E-state index is 0.174. The van der Waals surface area contributed by atoms with E-state index in [4.69, 9.17) is 4.52 Å². The topological polar surface area (TPSA) is 76.1 Å². The van der Waals surface area contributed by atoms with E-state index in [1.54, 1.807) is 0 Å². The summed E-state index contributed by atoms with van der Waals surface area (Å²) in [5, 5.41) is 12.8. The van der Waals surface area contributed by atoms with Crippen LogP contribution in [0, 0.1) is 6.92 Å². The SMILES string of the molecule is Cc1noc([C@@H](C)N2CCN(Cc3nnc4n3CCCCC4)CC2)n1. The molecule has 0 saturated carbocycles. The van der Waals surface area contributed by atoms with E-state index in [0.29, 0.717) is 11.7 Å². The normalized spacial score (nSPS) is 21.0. The molecular formula is C17H27N7O. The fourth-order valence-electron chi connectivity index (χ4n) is 3.81. The van der Waals surface area contributed by atoms with Crippen LogP contribution >= 0.6 is 0 Å². The van der Waals surface area contributed by atoms with Crippen LogP contribution in [0.2, 0.25) is 0 Å². The molecule has 0 aromatic carbocycles. The maximum Gasteiger partial charge on any atom is 0.243 e. The molecule has 0 spiro atoms. The van der Waals surface area contributed by atoms with Crippen molar-refractivity contribution in [2.75, 3.05) is 26.2 Å². The summed E-state index contributed by atoms with van der Waals surface area (Å²) in [4.78, 5) is 9.26. The van der Waals surface area contributed by atoms with Crippen LogP contribution in [0.25, 0.3) is 0 Å². The Kier molecular flexibility index (Phi) is 4.80. The van der Waals surface area contributed by atoms with Gasteiger partial charge < -0.3 is 9.09 Å². The zero-order chi connectivity index (χ0) is 17.2. The number of piperazine rings is 1. The van der Waals surface area contributed by atoms with Gasteiger partial charge in [0.25, 0.3) is 0 Å². The average molecular weight is 345 g/mol. The highest BCUT2D eigenvalue weighted by Crippen LogP contribution is 2.21. The van der Waals surface area contributed by atoms with Crippen LogP contribution in [0.4, 0.5) is 0 Å². The number of aromatic nitrogens is 5. The molecule has 0 amide bonds. The zero-order valence-electron chi connectivity index (χ0n) is 15.2. The Hall–Kier alpha value is -1.80. The first-order valence-electron chi connectivity index (χ1n) is 9.38. The summed E-state index contributed by atoms with van der Waals surface area (Å²) in [6.07, 6.45) is 4.85. The number of nitrogens with zero attached hydrogens (tertiary/aromatic N) is 7. The largest absolute Gasteiger partial charge is 0.338 e. The minimum atomic E-state index is 0.174. The van der Waals surface area contributed by atoms with Gasteiger partial charge in [-0.2, -0.15) is 4.98 Å². The molecule has 4 rings (SSSR count). The Morgan fingerprint density at radius 1 is 1.04 bits per heavy atom. The lowest BCUT2D eigenvalue weighted by atomic mass is 10.2. The number of hydrogen-bond donors (Lipinski definition) is 0. The molecule has 2 aliphatic rings. The molecule has 2 aromatic heterocycles. The summed E-state index contributed by atoms with van der Waals surface area (Å²) >= 11 is 0. The molecule has 0 aliphatic carbocycles. The second-order valence-electron chi connectivity index (χ2n) is 7.16. The fourth-order valence-corrected chi connectivity index (χ4v) is 3.81. The first-order chi connectivity index (χ1) is 12.2. The lowest BCUT2D eigenvalue weighted by Gasteiger charge is -2.36. The van der Waals surface area contributed by atoms with Crippen LogP contribution in [-0.2, 0) is 19.5 Å². The summed E-state index contributed by atoms with van der Waals surface area (Å²) in [6, 6.07) is 0.174. The van der Waals surface area contributed by atoms with Crippen LogP contribution < -0.4 is 0 Å². The van der Waals surface area contributed by atoms with E-state index >= 15 is 0 Å². The number of rotatable bonds is 4. The van der Waals surface area contributed by atoms with Gasteiger partial charge in [0.05, 0.1) is 12.6 Å². The summed E-state index contributed by atoms with van der Waals surface area (Å²) in [7, 11) is 0. The summed E-state index contributed by atoms with van der Waals surface area (Å²) in [6.45, 7) is 10.0. The minimum Gasteiger partial charge on any atom is -0.338 e. The van der Waals surface area contributed by atoms with E-state index in [1.807, 2.05) is 6.92 Å². The van der Waals surface area contributed by atoms with Crippen molar-refractivity contribution in [3.05, 3.63) is 23.4 Å². The van der Waals surface area contributed by atoms with Crippen LogP contribution in [0.15, 0.2) is 4.52 Å². The van der Waals surface area contributed by atoms with Gasteiger partial charge in [0, 0.05) is 39.1 Å². The van der Waals surface area contributed by atoms with Gasteiger partial charge in [0.1, 0.15) is 11.6 Å². The molecule has 4 heterocycles. The number of aryl methyl sites for hydroxylation is 2. The lowest BCUT2D eigenvalue weighted by Crippen LogP contribution is -2.47. The van der Waals surface area contributed by atoms with E-state index in [0.717, 1.165) is 51.5 Å². The molecule has 25 heavy (non-hydrogen) atoms. The van der Waals surface area contributed by atoms with Crippen LogP contribution in [0.1, 0.15) is 55.6 Å². The van der Waals surface area contributed by atoms with Gasteiger partial charge >= 0.3 is 0 Å². The van der Waals surface area contributed by atoms with Gasteiger partial charge in [-0.1, -0.05) is 11.6 Å². The summed E-state index contributed by atoms with van der Waals surface area (Å²) in [5.41, 5.74) is 0. The quantitative estimate of drug-likeness (QED) is 0.832. The highest BCUT2D eigenvalue weighted by molar-refractivity contribution is 4.99. The van der Waals surface area contributed by atoms with Gasteiger partial charge in [-0.15, -0.1) is 10.2 Å². The average Bonchev–Trinajstić information content (AvgIpc) is 3.14. The van der Waals surface area contributed by atoms with Crippen molar-refractivity contribution in [2.45, 2.75) is 58.7 Å². The lowest BCUT2D eigenvalue weighted by molar-refractivity contribution is 0.0824. The van der Waals surface area contributed by atoms with E-state index in [9.17, 15) is 0 Å². The Balaban J connectivity index is 1.34. The summed E-state index contributed by atoms with van der Waals surface area (Å²) in [5.74, 6) is 3.72. The monoisotopic (exact) mass is 345 g/mol. The molecule has 0 unspecified atom stereocenters. The highest BCUT2D eigenvalue weighted by Gasteiger charge is 2.26. The van der Waals surface area contributed by atoms with E-state index in [-0.39, 0.29) is 6.04 Å². The predicted molar refractivity (Wildman–Crippen MR) is 91.9 cm³/mol. The highest BCUT2D eigenvalue weighted by atomic mass is 16.5. The van der Waals surface area contributed by atoms with Crippen molar-refractivity contribution in [2.24, 2.45) is 0 Å². The van der Waals surface area contributed by atoms with Crippen molar-refractivity contribution < 1.29 is 4.52 Å². The Bertz CT molecular complexity index is 702. The van der Waals surface area contributed by atoms with Crippen molar-refractivity contribution in [3.63, 3.8) is 0 Å². The molecule has 0 bridgehead atoms. The van der Waals surface area contributed by atoms with Crippen LogP contribution in [0.3, 0.4) is 0 Å². The first kappa shape index (κ1) is 16.7. The number of hydrogen-bond acceptors (Lipinski definition) is 7. The molecule has 8 heteroatoms. The van der Waals surface area contributed by atoms with Gasteiger partial charge in [-0.25, -0.2) is 0 Å². The fraction of sp³-hybridized carbons (Fsp3) is 0.765. The van der Waals surface area contributed by atoms with Crippen LogP contribution in [0.5, 0.6) is 0 Å². The Labute approximate surface area is 148 Å². The molecule has 136 valence electrons. The van der Waals surface area contributed by atoms with E-state index in [1.165, 1.54) is 25.1 Å². The third kappa shape index (κ3) is 3.59. The molecule has 1 saturated heterocycles. The van der Waals surface area contributed by atoms with Crippen molar-refractivity contribution in [1.82, 2.24) is 34.7 Å². The first-order valence-corrected chi connectivity index (χ1v) is 9.38. The maximum atomic E-state index is 5.33. The Morgan fingerprint density at radius 2 is 1.88 bits per heavy atom. The van der Waals surface area contributed by atoms with Gasteiger partial charge in [0.15, 0.2) is 5.82 Å². The molecule has 0 radical (unpaired) electrons. The van der Waals surface area contributed by atoms with Crippen molar-refractivity contribution >= 4 is 0 Å². The van der Waals surface area contributed by atoms with E-state index in [2.05, 4.69) is 41.6 Å². The van der Waals surface area contributed by atoms with Gasteiger partial charge in [-0.3, -0.25) is 9.80 Å². The summed E-state index contributed by atoms with van der Waals surface area (Å²) < 4.78 is 7.68. The second-order valence-corrected chi connectivity index (χ2v) is 7.16. The van der Waals surface area contributed by atoms with Crippen molar-refractivity contribution in [1.29, 1.82) is 0 Å². The van der Waals surface area contributed by atoms with E-state index < -0.39 is 0 Å². The van der Waals surface area contributed by atoms with Crippen LogP contribution in [-0.4, -0.2) is 60.9 Å². The maximum absolute atomic E-state index is 5.33. The Morgan fingerprint density at radius 3 is 2.64 bits per heavy atom. The third-order valence-electron chi connectivity index (χ3n) is 5.41. The predicted octanol–water partition coefficient (Wildman–Crippen LogP) is 1.57. The third-order valence-corrected chi connectivity index (χ3v) is 5.41. The smallest absolute Gasteiger partial charge is 0.243 e. The molecule has 1 atom stereocenters. The molecular weight excluding hydrogens is 318 g/mol. The van der Waals surface area contributed by atoms with Gasteiger partial charge in [0.2, 0.25) is 5.89 Å². The molecule has 1 fully saturated rings. The molecule has 8 nitrogen and oxygen atoms in total.